The van der Waals surface area contributed by atoms with Gasteiger partial charge in [-0.3, -0.25) is 4.79 Å². The average molecular weight is 280 g/mol. The first-order valence-electron chi connectivity index (χ1n) is 7.00. The predicted molar refractivity (Wildman–Crippen MR) is 80.7 cm³/mol. The van der Waals surface area contributed by atoms with Gasteiger partial charge in [0.25, 0.3) is 5.88 Å². The van der Waals surface area contributed by atoms with Crippen molar-refractivity contribution in [1.82, 2.24) is 10.2 Å². The SMILES string of the molecule is C=N/C(OCC)=C(\N=C/C)NCC1CCN(C=O)CC1. The zero-order chi connectivity index (χ0) is 14.8. The minimum atomic E-state index is 0.427. The lowest BCUT2D eigenvalue weighted by atomic mass is 9.97. The van der Waals surface area contributed by atoms with Gasteiger partial charge < -0.3 is 15.0 Å². The van der Waals surface area contributed by atoms with E-state index in [0.29, 0.717) is 24.2 Å². The summed E-state index contributed by atoms with van der Waals surface area (Å²) < 4.78 is 5.40. The number of piperidine rings is 1. The molecule has 0 spiro atoms. The van der Waals surface area contributed by atoms with Crippen molar-refractivity contribution >= 4 is 19.3 Å². The molecule has 0 saturated carbocycles. The summed E-state index contributed by atoms with van der Waals surface area (Å²) in [5.41, 5.74) is 0. The second-order valence-corrected chi connectivity index (χ2v) is 4.60. The molecule has 0 aromatic heterocycles. The summed E-state index contributed by atoms with van der Waals surface area (Å²) in [6, 6.07) is 0. The van der Waals surface area contributed by atoms with E-state index in [4.69, 9.17) is 4.74 Å². The third kappa shape index (κ3) is 5.03. The number of aliphatic imine (C=N–C) groups is 2. The summed E-state index contributed by atoms with van der Waals surface area (Å²) in [5.74, 6) is 1.57. The van der Waals surface area contributed by atoms with Gasteiger partial charge in [0.05, 0.1) is 6.61 Å². The largest absolute Gasteiger partial charge is 0.475 e. The van der Waals surface area contributed by atoms with Crippen LogP contribution in [0.2, 0.25) is 0 Å². The first kappa shape index (κ1) is 16.2. The van der Waals surface area contributed by atoms with Gasteiger partial charge in [-0.2, -0.15) is 0 Å². The Hall–Kier alpha value is -1.85. The number of amides is 1. The van der Waals surface area contributed by atoms with E-state index >= 15 is 0 Å². The molecule has 1 fully saturated rings. The van der Waals surface area contributed by atoms with Crippen LogP contribution in [-0.2, 0) is 9.53 Å². The number of carbonyl (C=O) groups is 1. The van der Waals surface area contributed by atoms with E-state index in [2.05, 4.69) is 22.0 Å². The van der Waals surface area contributed by atoms with Crippen molar-refractivity contribution in [3.05, 3.63) is 11.7 Å². The number of ether oxygens (including phenoxy) is 1. The van der Waals surface area contributed by atoms with E-state index in [1.807, 2.05) is 18.7 Å². The maximum Gasteiger partial charge on any atom is 0.256 e. The van der Waals surface area contributed by atoms with Crippen LogP contribution in [0.4, 0.5) is 0 Å². The fourth-order valence-corrected chi connectivity index (χ4v) is 2.13. The summed E-state index contributed by atoms with van der Waals surface area (Å²) in [6.07, 6.45) is 4.62. The number of hydrogen-bond donors (Lipinski definition) is 1. The lowest BCUT2D eigenvalue weighted by Gasteiger charge is -2.29. The topological polar surface area (TPSA) is 66.3 Å². The van der Waals surface area contributed by atoms with Gasteiger partial charge in [-0.15, -0.1) is 0 Å². The van der Waals surface area contributed by atoms with Gasteiger partial charge in [0, 0.05) is 25.8 Å². The van der Waals surface area contributed by atoms with Crippen LogP contribution >= 0.6 is 0 Å². The van der Waals surface area contributed by atoms with Crippen LogP contribution in [0.3, 0.4) is 0 Å². The molecule has 1 amide bonds. The highest BCUT2D eigenvalue weighted by atomic mass is 16.5. The van der Waals surface area contributed by atoms with Crippen LogP contribution in [0.5, 0.6) is 0 Å². The molecule has 0 aromatic carbocycles. The predicted octanol–water partition coefficient (Wildman–Crippen LogP) is 1.40. The van der Waals surface area contributed by atoms with E-state index in [9.17, 15) is 4.79 Å². The van der Waals surface area contributed by atoms with Gasteiger partial charge in [0.1, 0.15) is 0 Å². The Morgan fingerprint density at radius 1 is 1.50 bits per heavy atom. The van der Waals surface area contributed by atoms with Gasteiger partial charge >= 0.3 is 0 Å². The monoisotopic (exact) mass is 280 g/mol. The van der Waals surface area contributed by atoms with E-state index < -0.39 is 0 Å². The number of hydrogen-bond acceptors (Lipinski definition) is 5. The van der Waals surface area contributed by atoms with Crippen molar-refractivity contribution in [3.63, 3.8) is 0 Å². The number of rotatable bonds is 8. The molecule has 1 heterocycles. The number of nitrogens with one attached hydrogen (secondary N) is 1. The second kappa shape index (κ2) is 9.12. The number of nitrogens with zero attached hydrogens (tertiary/aromatic N) is 3. The van der Waals surface area contributed by atoms with Crippen molar-refractivity contribution < 1.29 is 9.53 Å². The van der Waals surface area contributed by atoms with Gasteiger partial charge in [0.15, 0.2) is 5.82 Å². The highest BCUT2D eigenvalue weighted by Gasteiger charge is 2.18. The van der Waals surface area contributed by atoms with Crippen molar-refractivity contribution in [2.75, 3.05) is 26.2 Å². The zero-order valence-electron chi connectivity index (χ0n) is 12.3. The molecule has 20 heavy (non-hydrogen) atoms. The normalized spacial score (nSPS) is 17.8. The fraction of sp³-hybridized carbons (Fsp3) is 0.643. The standard InChI is InChI=1S/C14H24N4O2/c1-4-16-13(14(15-3)20-5-2)17-10-12-6-8-18(11-19)9-7-12/h4,11-12,17H,3,5-10H2,1-2H3/b14-13-,16-4-. The molecule has 0 atom stereocenters. The van der Waals surface area contributed by atoms with Gasteiger partial charge in [-0.1, -0.05) is 0 Å². The van der Waals surface area contributed by atoms with Gasteiger partial charge in [0.2, 0.25) is 6.41 Å². The summed E-state index contributed by atoms with van der Waals surface area (Å²) in [5, 5.41) is 3.28. The fourth-order valence-electron chi connectivity index (χ4n) is 2.13. The van der Waals surface area contributed by atoms with Crippen molar-refractivity contribution in [1.29, 1.82) is 0 Å². The number of carbonyl (C=O) groups excluding carboxylic acids is 1. The van der Waals surface area contributed by atoms with Crippen LogP contribution in [0, 0.1) is 5.92 Å². The molecule has 0 aromatic rings. The summed E-state index contributed by atoms with van der Waals surface area (Å²) in [7, 11) is 0. The molecular weight excluding hydrogens is 256 g/mol. The second-order valence-electron chi connectivity index (χ2n) is 4.60. The lowest BCUT2D eigenvalue weighted by molar-refractivity contribution is -0.119. The molecule has 112 valence electrons. The van der Waals surface area contributed by atoms with E-state index in [1.165, 1.54) is 0 Å². The summed E-state index contributed by atoms with van der Waals surface area (Å²) in [6.45, 7) is 10.2. The zero-order valence-corrected chi connectivity index (χ0v) is 12.3. The summed E-state index contributed by atoms with van der Waals surface area (Å²) >= 11 is 0. The molecular formula is C14H24N4O2. The Morgan fingerprint density at radius 3 is 2.70 bits per heavy atom. The molecule has 1 aliphatic heterocycles. The molecule has 0 bridgehead atoms. The van der Waals surface area contributed by atoms with Crippen LogP contribution in [0.15, 0.2) is 21.7 Å². The van der Waals surface area contributed by atoms with Crippen molar-refractivity contribution in [2.45, 2.75) is 26.7 Å². The minimum Gasteiger partial charge on any atom is -0.475 e. The van der Waals surface area contributed by atoms with E-state index in [0.717, 1.165) is 38.9 Å². The van der Waals surface area contributed by atoms with E-state index in [1.54, 1.807) is 6.21 Å². The molecule has 0 radical (unpaired) electrons. The minimum absolute atomic E-state index is 0.427. The first-order valence-corrected chi connectivity index (χ1v) is 7.00. The molecule has 6 nitrogen and oxygen atoms in total. The maximum absolute atomic E-state index is 10.7. The molecule has 1 N–H and O–H groups in total. The first-order chi connectivity index (χ1) is 9.74. The highest BCUT2D eigenvalue weighted by molar-refractivity contribution is 5.55. The molecule has 0 aliphatic carbocycles. The van der Waals surface area contributed by atoms with Crippen molar-refractivity contribution in [3.8, 4) is 0 Å². The Labute approximate surface area is 120 Å². The van der Waals surface area contributed by atoms with Gasteiger partial charge in [-0.05, 0) is 39.3 Å². The smallest absolute Gasteiger partial charge is 0.256 e. The Bertz CT molecular complexity index is 371. The molecule has 0 unspecified atom stereocenters. The van der Waals surface area contributed by atoms with Gasteiger partial charge in [-0.25, -0.2) is 9.98 Å². The Kier molecular flexibility index (Phi) is 7.39. The van der Waals surface area contributed by atoms with Crippen LogP contribution in [-0.4, -0.2) is 50.5 Å². The van der Waals surface area contributed by atoms with Crippen LogP contribution < -0.4 is 5.32 Å². The highest BCUT2D eigenvalue weighted by Crippen LogP contribution is 2.16. The lowest BCUT2D eigenvalue weighted by Crippen LogP contribution is -2.36. The Balaban J connectivity index is 2.55. The average Bonchev–Trinajstić information content (AvgIpc) is 2.50. The number of likely N-dealkylation sites (tertiary alicyclic amines) is 1. The third-order valence-electron chi connectivity index (χ3n) is 3.24. The molecule has 6 heteroatoms. The molecule has 1 saturated heterocycles. The molecule has 1 aliphatic rings. The molecule has 1 rings (SSSR count). The quantitative estimate of drug-likeness (QED) is 0.415. The van der Waals surface area contributed by atoms with Crippen LogP contribution in [0.1, 0.15) is 26.7 Å². The summed E-state index contributed by atoms with van der Waals surface area (Å²) in [4.78, 5) is 20.6. The van der Waals surface area contributed by atoms with Crippen LogP contribution in [0.25, 0.3) is 0 Å². The Morgan fingerprint density at radius 2 is 2.20 bits per heavy atom. The van der Waals surface area contributed by atoms with E-state index in [-0.39, 0.29) is 0 Å². The van der Waals surface area contributed by atoms with Crippen molar-refractivity contribution in [2.24, 2.45) is 15.9 Å². The third-order valence-corrected chi connectivity index (χ3v) is 3.24. The maximum atomic E-state index is 10.7.